The molecule has 1 aliphatic rings. The van der Waals surface area contributed by atoms with Crippen molar-refractivity contribution in [2.24, 2.45) is 7.05 Å². The first-order valence-corrected chi connectivity index (χ1v) is 6.30. The van der Waals surface area contributed by atoms with Crippen molar-refractivity contribution in [2.45, 2.75) is 25.7 Å². The Hall–Kier alpha value is -1.97. The van der Waals surface area contributed by atoms with Gasteiger partial charge in [0.25, 0.3) is 0 Å². The molecule has 18 heavy (non-hydrogen) atoms. The maximum Gasteiger partial charge on any atom is 0.125 e. The Kier molecular flexibility index (Phi) is 2.51. The van der Waals surface area contributed by atoms with Crippen molar-refractivity contribution in [3.63, 3.8) is 0 Å². The molecule has 0 saturated heterocycles. The summed E-state index contributed by atoms with van der Waals surface area (Å²) < 4.78 is 1.62. The molecule has 1 aromatic carbocycles. The van der Waals surface area contributed by atoms with Crippen LogP contribution in [0, 0.1) is 0 Å². The predicted octanol–water partition coefficient (Wildman–Crippen LogP) is 2.25. The Balaban J connectivity index is 2.11. The maximum atomic E-state index is 10.1. The zero-order valence-corrected chi connectivity index (χ0v) is 10.5. The van der Waals surface area contributed by atoms with Crippen molar-refractivity contribution >= 4 is 5.82 Å². The number of anilines is 1. The molecule has 0 amide bonds. The van der Waals surface area contributed by atoms with E-state index >= 15 is 0 Å². The number of aromatic hydroxyl groups is 1. The van der Waals surface area contributed by atoms with Gasteiger partial charge in [0.1, 0.15) is 11.6 Å². The first kappa shape index (κ1) is 11.1. The fraction of sp³-hybridized carbons (Fsp3) is 0.357. The number of nitrogens with zero attached hydrogens (tertiary/aromatic N) is 2. The van der Waals surface area contributed by atoms with E-state index in [1.54, 1.807) is 17.8 Å². The van der Waals surface area contributed by atoms with Crippen LogP contribution < -0.4 is 5.73 Å². The molecule has 2 aromatic rings. The highest BCUT2D eigenvalue weighted by Gasteiger charge is 2.16. The van der Waals surface area contributed by atoms with Crippen molar-refractivity contribution in [2.75, 3.05) is 5.73 Å². The van der Waals surface area contributed by atoms with Gasteiger partial charge in [0, 0.05) is 18.7 Å². The number of nitrogen functional groups attached to an aromatic ring is 1. The predicted molar refractivity (Wildman–Crippen MR) is 71.4 cm³/mol. The van der Waals surface area contributed by atoms with Crippen LogP contribution in [0.1, 0.15) is 24.0 Å². The number of aryl methyl sites for hydroxylation is 3. The van der Waals surface area contributed by atoms with Crippen LogP contribution in [0.2, 0.25) is 0 Å². The number of fused-ring (bicyclic) bond motifs is 1. The van der Waals surface area contributed by atoms with Crippen molar-refractivity contribution in [3.05, 3.63) is 29.3 Å². The third kappa shape index (κ3) is 1.74. The lowest BCUT2D eigenvalue weighted by Gasteiger charge is -2.17. The van der Waals surface area contributed by atoms with Gasteiger partial charge in [-0.2, -0.15) is 5.10 Å². The van der Waals surface area contributed by atoms with Crippen LogP contribution in [-0.2, 0) is 19.9 Å². The third-order valence-electron chi connectivity index (χ3n) is 3.65. The van der Waals surface area contributed by atoms with Gasteiger partial charge in [0.2, 0.25) is 0 Å². The minimum Gasteiger partial charge on any atom is -0.507 e. The van der Waals surface area contributed by atoms with Crippen LogP contribution >= 0.6 is 0 Å². The van der Waals surface area contributed by atoms with E-state index in [4.69, 9.17) is 5.73 Å². The summed E-state index contributed by atoms with van der Waals surface area (Å²) in [7, 11) is 1.80. The smallest absolute Gasteiger partial charge is 0.125 e. The number of aromatic nitrogens is 2. The number of hydrogen-bond donors (Lipinski definition) is 2. The third-order valence-corrected chi connectivity index (χ3v) is 3.65. The first-order chi connectivity index (χ1) is 8.65. The molecule has 94 valence electrons. The Labute approximate surface area is 106 Å². The normalized spacial score (nSPS) is 14.5. The van der Waals surface area contributed by atoms with E-state index in [-0.39, 0.29) is 0 Å². The summed E-state index contributed by atoms with van der Waals surface area (Å²) in [4.78, 5) is 0. The summed E-state index contributed by atoms with van der Waals surface area (Å²) in [5, 5.41) is 14.5. The molecule has 0 bridgehead atoms. The van der Waals surface area contributed by atoms with Crippen LogP contribution in [0.3, 0.4) is 0 Å². The van der Waals surface area contributed by atoms with Gasteiger partial charge in [-0.15, -0.1) is 0 Å². The molecule has 0 spiro atoms. The molecule has 0 saturated carbocycles. The highest BCUT2D eigenvalue weighted by molar-refractivity contribution is 5.70. The van der Waals surface area contributed by atoms with Crippen LogP contribution in [0.15, 0.2) is 18.2 Å². The van der Waals surface area contributed by atoms with Crippen molar-refractivity contribution in [1.29, 1.82) is 0 Å². The van der Waals surface area contributed by atoms with Gasteiger partial charge < -0.3 is 10.8 Å². The van der Waals surface area contributed by atoms with E-state index in [0.717, 1.165) is 24.1 Å². The summed E-state index contributed by atoms with van der Waals surface area (Å²) >= 11 is 0. The van der Waals surface area contributed by atoms with Crippen LogP contribution in [0.25, 0.3) is 11.3 Å². The molecule has 0 radical (unpaired) electrons. The second-order valence-electron chi connectivity index (χ2n) is 4.92. The summed E-state index contributed by atoms with van der Waals surface area (Å²) in [6.07, 6.45) is 4.59. The highest BCUT2D eigenvalue weighted by atomic mass is 16.3. The maximum absolute atomic E-state index is 10.1. The molecular weight excluding hydrogens is 226 g/mol. The average Bonchev–Trinajstić information content (AvgIpc) is 2.68. The van der Waals surface area contributed by atoms with E-state index in [1.165, 1.54) is 24.0 Å². The number of phenolic OH excluding ortho intramolecular Hbond substituents is 1. The van der Waals surface area contributed by atoms with E-state index in [9.17, 15) is 5.11 Å². The van der Waals surface area contributed by atoms with Gasteiger partial charge in [-0.25, -0.2) is 0 Å². The molecule has 4 heteroatoms. The fourth-order valence-electron chi connectivity index (χ4n) is 2.59. The molecule has 1 aliphatic carbocycles. The highest BCUT2D eigenvalue weighted by Crippen LogP contribution is 2.34. The molecule has 0 atom stereocenters. The SMILES string of the molecule is Cn1nc(-c2cc3c(cc2O)CCCC3)cc1N. The van der Waals surface area contributed by atoms with E-state index in [1.807, 2.05) is 6.07 Å². The lowest BCUT2D eigenvalue weighted by Crippen LogP contribution is -2.02. The van der Waals surface area contributed by atoms with Gasteiger partial charge in [-0.1, -0.05) is 0 Å². The Bertz CT molecular complexity index is 582. The Morgan fingerprint density at radius 3 is 2.44 bits per heavy atom. The molecule has 3 N–H and O–H groups in total. The molecule has 4 nitrogen and oxygen atoms in total. The molecule has 3 rings (SSSR count). The fourth-order valence-corrected chi connectivity index (χ4v) is 2.59. The van der Waals surface area contributed by atoms with Gasteiger partial charge >= 0.3 is 0 Å². The van der Waals surface area contributed by atoms with Gasteiger partial charge in [0.05, 0.1) is 5.69 Å². The number of rotatable bonds is 1. The number of benzene rings is 1. The van der Waals surface area contributed by atoms with Crippen molar-refractivity contribution < 1.29 is 5.11 Å². The second-order valence-corrected chi connectivity index (χ2v) is 4.92. The second kappa shape index (κ2) is 4.05. The largest absolute Gasteiger partial charge is 0.507 e. The molecule has 1 heterocycles. The Morgan fingerprint density at radius 2 is 1.83 bits per heavy atom. The number of hydrogen-bond acceptors (Lipinski definition) is 3. The van der Waals surface area contributed by atoms with Gasteiger partial charge in [0.15, 0.2) is 0 Å². The quantitative estimate of drug-likeness (QED) is 0.807. The lowest BCUT2D eigenvalue weighted by molar-refractivity contribution is 0.475. The van der Waals surface area contributed by atoms with Gasteiger partial charge in [-0.05, 0) is 48.9 Å². The van der Waals surface area contributed by atoms with E-state index in [2.05, 4.69) is 11.2 Å². The summed E-state index contributed by atoms with van der Waals surface area (Å²) in [5.74, 6) is 0.899. The number of phenols is 1. The first-order valence-electron chi connectivity index (χ1n) is 6.30. The average molecular weight is 243 g/mol. The van der Waals surface area contributed by atoms with Crippen LogP contribution in [0.5, 0.6) is 5.75 Å². The summed E-state index contributed by atoms with van der Waals surface area (Å²) in [5.41, 5.74) is 9.90. The minimum absolute atomic E-state index is 0.300. The topological polar surface area (TPSA) is 64.1 Å². The molecule has 0 fully saturated rings. The zero-order valence-electron chi connectivity index (χ0n) is 10.5. The lowest BCUT2D eigenvalue weighted by atomic mass is 9.89. The zero-order chi connectivity index (χ0) is 12.7. The Morgan fingerprint density at radius 1 is 1.17 bits per heavy atom. The van der Waals surface area contributed by atoms with Crippen molar-refractivity contribution in [3.8, 4) is 17.0 Å². The van der Waals surface area contributed by atoms with E-state index < -0.39 is 0 Å². The van der Waals surface area contributed by atoms with E-state index in [0.29, 0.717) is 11.6 Å². The molecule has 1 aromatic heterocycles. The van der Waals surface area contributed by atoms with Crippen LogP contribution in [-0.4, -0.2) is 14.9 Å². The summed E-state index contributed by atoms with van der Waals surface area (Å²) in [6.45, 7) is 0. The molecule has 0 aliphatic heterocycles. The molecule has 0 unspecified atom stereocenters. The monoisotopic (exact) mass is 243 g/mol. The minimum atomic E-state index is 0.300. The summed E-state index contributed by atoms with van der Waals surface area (Å²) in [6, 6.07) is 5.74. The van der Waals surface area contributed by atoms with Gasteiger partial charge in [-0.3, -0.25) is 4.68 Å². The van der Waals surface area contributed by atoms with Crippen LogP contribution in [0.4, 0.5) is 5.82 Å². The number of nitrogens with two attached hydrogens (primary N) is 1. The standard InChI is InChI=1S/C14H17N3O/c1-17-14(15)8-12(16-17)11-6-9-4-2-3-5-10(9)7-13(11)18/h6-8,18H,2-5,15H2,1H3. The van der Waals surface area contributed by atoms with Crippen molar-refractivity contribution in [1.82, 2.24) is 9.78 Å². The molecular formula is C14H17N3O.